The number of H-pyrrole nitrogens is 1. The second-order valence-corrected chi connectivity index (χ2v) is 7.72. The average Bonchev–Trinajstić information content (AvgIpc) is 3.07. The fourth-order valence-electron chi connectivity index (χ4n) is 3.58. The molecule has 0 spiro atoms. The Labute approximate surface area is 160 Å². The molecule has 0 saturated heterocycles. The minimum Gasteiger partial charge on any atom is -0.469 e. The highest BCUT2D eigenvalue weighted by molar-refractivity contribution is 9.10. The zero-order valence-electron chi connectivity index (χ0n) is 15.1. The van der Waals surface area contributed by atoms with E-state index >= 15 is 0 Å². The van der Waals surface area contributed by atoms with Crippen molar-refractivity contribution in [2.24, 2.45) is 5.41 Å². The summed E-state index contributed by atoms with van der Waals surface area (Å²) in [7, 11) is 2.95. The molecule has 7 nitrogen and oxygen atoms in total. The van der Waals surface area contributed by atoms with Crippen LogP contribution in [0.25, 0.3) is 10.9 Å². The highest BCUT2D eigenvalue weighted by Gasteiger charge is 2.42. The van der Waals surface area contributed by atoms with Crippen LogP contribution in [0.5, 0.6) is 0 Å². The van der Waals surface area contributed by atoms with Gasteiger partial charge in [-0.05, 0) is 46.5 Å². The zero-order valence-corrected chi connectivity index (χ0v) is 16.7. The van der Waals surface area contributed by atoms with Crippen LogP contribution in [-0.2, 0) is 32.0 Å². The second-order valence-electron chi connectivity index (χ2n) is 6.86. The third-order valence-electron chi connectivity index (χ3n) is 4.95. The highest BCUT2D eigenvalue weighted by Crippen LogP contribution is 2.39. The molecule has 1 aliphatic heterocycles. The first-order valence-corrected chi connectivity index (χ1v) is 9.17. The van der Waals surface area contributed by atoms with Gasteiger partial charge in [0, 0.05) is 30.1 Å². The number of benzene rings is 1. The molecule has 140 valence electrons. The molecule has 2 aromatic rings. The lowest BCUT2D eigenvalue weighted by atomic mass is 9.79. The summed E-state index contributed by atoms with van der Waals surface area (Å²) in [5.74, 6) is -0.455. The van der Waals surface area contributed by atoms with E-state index in [1.165, 1.54) is 7.11 Å². The van der Waals surface area contributed by atoms with Crippen LogP contribution in [0.15, 0.2) is 16.7 Å². The molecule has 1 atom stereocenters. The number of carbonyl (C=O) groups excluding carboxylic acids is 2. The van der Waals surface area contributed by atoms with E-state index in [4.69, 9.17) is 9.47 Å². The average molecular weight is 424 g/mol. The van der Waals surface area contributed by atoms with Gasteiger partial charge in [-0.1, -0.05) is 0 Å². The lowest BCUT2D eigenvalue weighted by molar-refractivity contribution is -0.152. The van der Waals surface area contributed by atoms with Gasteiger partial charge in [0.2, 0.25) is 5.91 Å². The molecule has 1 amide bonds. The van der Waals surface area contributed by atoms with Crippen LogP contribution in [0.1, 0.15) is 24.5 Å². The molecule has 0 fully saturated rings. The molecular formula is C18H22BrN3O4. The summed E-state index contributed by atoms with van der Waals surface area (Å²) in [6, 6.07) is 2.01. The highest BCUT2D eigenvalue weighted by atomic mass is 79.9. The van der Waals surface area contributed by atoms with E-state index in [1.54, 1.807) is 18.2 Å². The van der Waals surface area contributed by atoms with E-state index in [9.17, 15) is 9.59 Å². The molecule has 0 aliphatic carbocycles. The smallest absolute Gasteiger partial charge is 0.306 e. The molecule has 1 aromatic heterocycles. The Kier molecular flexibility index (Phi) is 5.34. The lowest BCUT2D eigenvalue weighted by Crippen LogP contribution is -2.44. The minimum atomic E-state index is -0.872. The molecule has 0 radical (unpaired) electrons. The molecule has 0 saturated carbocycles. The number of rotatable bonds is 5. The van der Waals surface area contributed by atoms with Crippen LogP contribution in [0.4, 0.5) is 0 Å². The molecule has 26 heavy (non-hydrogen) atoms. The Bertz CT molecular complexity index is 850. The van der Waals surface area contributed by atoms with E-state index in [-0.39, 0.29) is 18.3 Å². The number of halogens is 1. The summed E-state index contributed by atoms with van der Waals surface area (Å²) < 4.78 is 10.9. The first-order chi connectivity index (χ1) is 12.4. The standard InChI is InChI=1S/C18H22BrN3O4/c1-18(8-15(23)26-3)7-11-6-14(19)16-12(9-20-21-16)13(11)10-22(17(18)24)4-5-25-2/h6,9H,4-5,7-8,10H2,1-3H3,(H,20,21)/t18-/m0/s1. The third kappa shape index (κ3) is 3.35. The Morgan fingerprint density at radius 1 is 1.46 bits per heavy atom. The Morgan fingerprint density at radius 2 is 2.23 bits per heavy atom. The molecule has 1 aromatic carbocycles. The van der Waals surface area contributed by atoms with Crippen LogP contribution in [0.3, 0.4) is 0 Å². The second kappa shape index (κ2) is 7.36. The van der Waals surface area contributed by atoms with Crippen molar-refractivity contribution < 1.29 is 19.1 Å². The molecule has 0 bridgehead atoms. The summed E-state index contributed by atoms with van der Waals surface area (Å²) in [5, 5.41) is 8.12. The molecule has 3 rings (SSSR count). The van der Waals surface area contributed by atoms with E-state index < -0.39 is 5.41 Å². The van der Waals surface area contributed by atoms with Crippen molar-refractivity contribution in [3.8, 4) is 0 Å². The largest absolute Gasteiger partial charge is 0.469 e. The van der Waals surface area contributed by atoms with Crippen molar-refractivity contribution in [3.05, 3.63) is 27.9 Å². The number of nitrogens with zero attached hydrogens (tertiary/aromatic N) is 2. The van der Waals surface area contributed by atoms with Gasteiger partial charge < -0.3 is 14.4 Å². The van der Waals surface area contributed by atoms with Crippen molar-refractivity contribution in [2.45, 2.75) is 26.3 Å². The van der Waals surface area contributed by atoms with Crippen molar-refractivity contribution >= 4 is 38.7 Å². The molecule has 0 unspecified atom stereocenters. The van der Waals surface area contributed by atoms with Gasteiger partial charge in [0.1, 0.15) is 0 Å². The first-order valence-electron chi connectivity index (χ1n) is 8.38. The summed E-state index contributed by atoms with van der Waals surface area (Å²) in [5.41, 5.74) is 2.11. The monoisotopic (exact) mass is 423 g/mol. The molecule has 1 aliphatic rings. The summed E-state index contributed by atoms with van der Waals surface area (Å²) in [6.45, 7) is 3.17. The number of methoxy groups -OCH3 is 2. The van der Waals surface area contributed by atoms with Gasteiger partial charge in [-0.15, -0.1) is 0 Å². The number of hydrogen-bond acceptors (Lipinski definition) is 5. The van der Waals surface area contributed by atoms with Crippen LogP contribution >= 0.6 is 15.9 Å². The maximum atomic E-state index is 13.3. The molecule has 8 heteroatoms. The molecule has 1 N–H and O–H groups in total. The van der Waals surface area contributed by atoms with Gasteiger partial charge in [-0.25, -0.2) is 0 Å². The van der Waals surface area contributed by atoms with Crippen LogP contribution in [0, 0.1) is 5.41 Å². The predicted molar refractivity (Wildman–Crippen MR) is 99.5 cm³/mol. The number of ether oxygens (including phenoxy) is 2. The van der Waals surface area contributed by atoms with Gasteiger partial charge in [-0.2, -0.15) is 5.10 Å². The Balaban J connectivity index is 2.11. The van der Waals surface area contributed by atoms with Crippen LogP contribution in [-0.4, -0.2) is 54.3 Å². The van der Waals surface area contributed by atoms with Crippen molar-refractivity contribution in [1.82, 2.24) is 15.1 Å². The predicted octanol–water partition coefficient (Wildman–Crippen LogP) is 2.43. The lowest BCUT2D eigenvalue weighted by Gasteiger charge is -2.31. The number of amides is 1. The number of fused-ring (bicyclic) bond motifs is 3. The minimum absolute atomic E-state index is 0.0340. The number of aromatic amines is 1. The number of hydrogen-bond donors (Lipinski definition) is 1. The first kappa shape index (κ1) is 18.8. The van der Waals surface area contributed by atoms with Gasteiger partial charge in [0.25, 0.3) is 0 Å². The van der Waals surface area contributed by atoms with Gasteiger partial charge in [0.05, 0.1) is 37.3 Å². The van der Waals surface area contributed by atoms with Crippen molar-refractivity contribution in [3.63, 3.8) is 0 Å². The fraction of sp³-hybridized carbons (Fsp3) is 0.500. The van der Waals surface area contributed by atoms with E-state index in [2.05, 4.69) is 26.1 Å². The summed E-state index contributed by atoms with van der Waals surface area (Å²) >= 11 is 3.57. The summed E-state index contributed by atoms with van der Waals surface area (Å²) in [6.07, 6.45) is 2.27. The normalized spacial score (nSPS) is 20.2. The van der Waals surface area contributed by atoms with Gasteiger partial charge >= 0.3 is 5.97 Å². The van der Waals surface area contributed by atoms with Gasteiger partial charge in [0.15, 0.2) is 0 Å². The number of esters is 1. The Morgan fingerprint density at radius 3 is 2.92 bits per heavy atom. The maximum absolute atomic E-state index is 13.3. The zero-order chi connectivity index (χ0) is 18.9. The van der Waals surface area contributed by atoms with Crippen LogP contribution < -0.4 is 0 Å². The Hall–Kier alpha value is -1.93. The number of carbonyl (C=O) groups is 2. The fourth-order valence-corrected chi connectivity index (χ4v) is 4.16. The topological polar surface area (TPSA) is 84.5 Å². The quantitative estimate of drug-likeness (QED) is 0.746. The SMILES string of the molecule is COCCN1Cc2c(cc(Br)c3[nH]ncc23)C[C@@](C)(CC(=O)OC)C1=O. The van der Waals surface area contributed by atoms with Crippen molar-refractivity contribution in [1.29, 1.82) is 0 Å². The molecular weight excluding hydrogens is 402 g/mol. The maximum Gasteiger partial charge on any atom is 0.306 e. The third-order valence-corrected chi connectivity index (χ3v) is 5.58. The van der Waals surface area contributed by atoms with E-state index in [0.717, 1.165) is 26.5 Å². The number of nitrogens with one attached hydrogen (secondary N) is 1. The molecule has 2 heterocycles. The van der Waals surface area contributed by atoms with Gasteiger partial charge in [-0.3, -0.25) is 14.7 Å². The van der Waals surface area contributed by atoms with Crippen LogP contribution in [0.2, 0.25) is 0 Å². The number of aromatic nitrogens is 2. The summed E-state index contributed by atoms with van der Waals surface area (Å²) in [4.78, 5) is 27.0. The van der Waals surface area contributed by atoms with E-state index in [0.29, 0.717) is 26.1 Å². The van der Waals surface area contributed by atoms with E-state index in [1.807, 2.05) is 13.0 Å². The van der Waals surface area contributed by atoms with Crippen molar-refractivity contribution in [2.75, 3.05) is 27.4 Å².